The van der Waals surface area contributed by atoms with Crippen molar-refractivity contribution >= 4 is 22.6 Å². The fourth-order valence-corrected chi connectivity index (χ4v) is 2.26. The molecular weight excluding hydrogens is 322 g/mol. The summed E-state index contributed by atoms with van der Waals surface area (Å²) in [6.45, 7) is 0. The minimum absolute atomic E-state index is 0.0944. The van der Waals surface area contributed by atoms with E-state index in [-0.39, 0.29) is 5.75 Å². The summed E-state index contributed by atoms with van der Waals surface area (Å²) in [6.07, 6.45) is 0. The third-order valence-corrected chi connectivity index (χ3v) is 3.13. The number of aromatic hydroxyl groups is 2. The van der Waals surface area contributed by atoms with E-state index < -0.39 is 11.6 Å². The molecule has 2 aromatic rings. The molecule has 0 radical (unpaired) electrons. The quantitative estimate of drug-likeness (QED) is 0.786. The van der Waals surface area contributed by atoms with E-state index in [1.54, 1.807) is 18.2 Å². The fourth-order valence-electron chi connectivity index (χ4n) is 1.46. The summed E-state index contributed by atoms with van der Waals surface area (Å²) in [6, 6.07) is 9.12. The largest absolute Gasteiger partial charge is 0.507 e. The molecule has 0 aliphatic rings. The Hall–Kier alpha value is -1.30. The Morgan fingerprint density at radius 1 is 1.00 bits per heavy atom. The van der Waals surface area contributed by atoms with Crippen LogP contribution in [0.15, 0.2) is 36.4 Å². The lowest BCUT2D eigenvalue weighted by molar-refractivity contribution is 0.432. The molecule has 0 spiro atoms. The molecule has 0 unspecified atom stereocenters. The Morgan fingerprint density at radius 2 is 1.75 bits per heavy atom. The topological polar surface area (TPSA) is 40.5 Å². The Bertz CT molecular complexity index is 520. The van der Waals surface area contributed by atoms with Crippen molar-refractivity contribution in [2.24, 2.45) is 0 Å². The summed E-state index contributed by atoms with van der Waals surface area (Å²) in [7, 11) is 0. The lowest BCUT2D eigenvalue weighted by Crippen LogP contribution is -1.85. The number of benzene rings is 2. The van der Waals surface area contributed by atoms with Crippen LogP contribution in [-0.4, -0.2) is 10.2 Å². The van der Waals surface area contributed by atoms with Crippen LogP contribution in [0.1, 0.15) is 0 Å². The molecule has 0 saturated carbocycles. The van der Waals surface area contributed by atoms with E-state index in [2.05, 4.69) is 22.6 Å². The van der Waals surface area contributed by atoms with E-state index in [0.29, 0.717) is 11.1 Å². The van der Waals surface area contributed by atoms with Crippen LogP contribution >= 0.6 is 22.6 Å². The van der Waals surface area contributed by atoms with Crippen molar-refractivity contribution in [2.75, 3.05) is 0 Å². The second kappa shape index (κ2) is 4.29. The fraction of sp³-hybridized carbons (Fsp3) is 0. The molecule has 2 N–H and O–H groups in total. The van der Waals surface area contributed by atoms with Crippen LogP contribution in [0.4, 0.5) is 4.39 Å². The highest BCUT2D eigenvalue weighted by molar-refractivity contribution is 14.1. The lowest BCUT2D eigenvalue weighted by Gasteiger charge is -2.07. The van der Waals surface area contributed by atoms with Gasteiger partial charge in [0.25, 0.3) is 0 Å². The zero-order chi connectivity index (χ0) is 11.7. The zero-order valence-corrected chi connectivity index (χ0v) is 10.3. The van der Waals surface area contributed by atoms with Gasteiger partial charge in [-0.3, -0.25) is 0 Å². The Balaban J connectivity index is 2.63. The maximum absolute atomic E-state index is 13.2. The molecule has 0 amide bonds. The second-order valence-corrected chi connectivity index (χ2v) is 4.46. The first kappa shape index (κ1) is 11.2. The van der Waals surface area contributed by atoms with Crippen LogP contribution in [0.25, 0.3) is 11.1 Å². The van der Waals surface area contributed by atoms with Gasteiger partial charge in [-0.1, -0.05) is 12.1 Å². The van der Waals surface area contributed by atoms with Crippen molar-refractivity contribution in [3.63, 3.8) is 0 Å². The van der Waals surface area contributed by atoms with Gasteiger partial charge >= 0.3 is 0 Å². The van der Waals surface area contributed by atoms with E-state index in [4.69, 9.17) is 5.11 Å². The van der Waals surface area contributed by atoms with Gasteiger partial charge in [-0.2, -0.15) is 0 Å². The van der Waals surface area contributed by atoms with Crippen molar-refractivity contribution < 1.29 is 14.6 Å². The first-order chi connectivity index (χ1) is 7.59. The van der Waals surface area contributed by atoms with Crippen molar-refractivity contribution in [3.05, 3.63) is 45.8 Å². The Labute approximate surface area is 106 Å². The van der Waals surface area contributed by atoms with Crippen molar-refractivity contribution in [1.82, 2.24) is 0 Å². The number of phenolic OH excluding ortho intramolecular Hbond substituents is 2. The molecule has 0 aliphatic carbocycles. The summed E-state index contributed by atoms with van der Waals surface area (Å²) >= 11 is 2.06. The highest BCUT2D eigenvalue weighted by atomic mass is 127. The van der Waals surface area contributed by atoms with Crippen molar-refractivity contribution in [3.8, 4) is 22.6 Å². The third-order valence-electron chi connectivity index (χ3n) is 2.23. The molecule has 0 fully saturated rings. The predicted molar refractivity (Wildman–Crippen MR) is 67.9 cm³/mol. The number of rotatable bonds is 1. The molecule has 4 heteroatoms. The smallest absolute Gasteiger partial charge is 0.165 e. The number of hydrogen-bond donors (Lipinski definition) is 2. The standard InChI is InChI=1S/C12H8FIO2/c13-8-6-7(4-5-10(8)15)12-9(14)2-1-3-11(12)16/h1-6,15-16H. The number of hydrogen-bond acceptors (Lipinski definition) is 2. The van der Waals surface area contributed by atoms with Gasteiger partial charge in [-0.05, 0) is 52.4 Å². The molecule has 0 atom stereocenters. The highest BCUT2D eigenvalue weighted by Gasteiger charge is 2.10. The van der Waals surface area contributed by atoms with E-state index >= 15 is 0 Å². The van der Waals surface area contributed by atoms with Crippen molar-refractivity contribution in [1.29, 1.82) is 0 Å². The van der Waals surface area contributed by atoms with Crippen LogP contribution in [0, 0.1) is 9.39 Å². The summed E-state index contributed by atoms with van der Waals surface area (Å²) in [5.74, 6) is -0.997. The minimum Gasteiger partial charge on any atom is -0.507 e. The monoisotopic (exact) mass is 330 g/mol. The maximum Gasteiger partial charge on any atom is 0.165 e. The average molecular weight is 330 g/mol. The third kappa shape index (κ3) is 1.97. The summed E-state index contributed by atoms with van der Waals surface area (Å²) < 4.78 is 14.0. The molecule has 0 aromatic heterocycles. The Kier molecular flexibility index (Phi) is 3.00. The van der Waals surface area contributed by atoms with Crippen LogP contribution in [0.2, 0.25) is 0 Å². The number of phenols is 2. The highest BCUT2D eigenvalue weighted by Crippen LogP contribution is 2.34. The van der Waals surface area contributed by atoms with Gasteiger partial charge in [-0.25, -0.2) is 4.39 Å². The predicted octanol–water partition coefficient (Wildman–Crippen LogP) is 3.51. The van der Waals surface area contributed by atoms with Gasteiger partial charge in [0.1, 0.15) is 5.75 Å². The van der Waals surface area contributed by atoms with Crippen LogP contribution in [-0.2, 0) is 0 Å². The van der Waals surface area contributed by atoms with Gasteiger partial charge in [0, 0.05) is 9.13 Å². The molecule has 2 rings (SSSR count). The summed E-state index contributed by atoms with van der Waals surface area (Å²) in [4.78, 5) is 0. The summed E-state index contributed by atoms with van der Waals surface area (Å²) in [5, 5.41) is 18.8. The first-order valence-electron chi connectivity index (χ1n) is 4.56. The molecule has 0 heterocycles. The molecule has 2 aromatic carbocycles. The normalized spacial score (nSPS) is 10.4. The second-order valence-electron chi connectivity index (χ2n) is 3.30. The molecular formula is C12H8FIO2. The van der Waals surface area contributed by atoms with E-state index in [1.807, 2.05) is 6.07 Å². The first-order valence-corrected chi connectivity index (χ1v) is 5.64. The van der Waals surface area contributed by atoms with E-state index in [0.717, 1.165) is 3.57 Å². The summed E-state index contributed by atoms with van der Waals surface area (Å²) in [5.41, 5.74) is 1.11. The minimum atomic E-state index is -0.698. The lowest BCUT2D eigenvalue weighted by atomic mass is 10.0. The molecule has 0 saturated heterocycles. The van der Waals surface area contributed by atoms with Gasteiger partial charge < -0.3 is 10.2 Å². The average Bonchev–Trinajstić information content (AvgIpc) is 2.23. The van der Waals surface area contributed by atoms with Crippen LogP contribution in [0.5, 0.6) is 11.5 Å². The van der Waals surface area contributed by atoms with E-state index in [1.165, 1.54) is 12.1 Å². The molecule has 0 aliphatic heterocycles. The van der Waals surface area contributed by atoms with Gasteiger partial charge in [-0.15, -0.1) is 0 Å². The molecule has 2 nitrogen and oxygen atoms in total. The molecule has 16 heavy (non-hydrogen) atoms. The SMILES string of the molecule is Oc1ccc(-c2c(O)cccc2I)cc1F. The molecule has 0 bridgehead atoms. The Morgan fingerprint density at radius 3 is 2.38 bits per heavy atom. The maximum atomic E-state index is 13.2. The van der Waals surface area contributed by atoms with Crippen LogP contribution < -0.4 is 0 Å². The van der Waals surface area contributed by atoms with Crippen molar-refractivity contribution in [2.45, 2.75) is 0 Å². The number of halogens is 2. The molecule has 82 valence electrons. The van der Waals surface area contributed by atoms with Gasteiger partial charge in [0.15, 0.2) is 11.6 Å². The van der Waals surface area contributed by atoms with Gasteiger partial charge in [0.05, 0.1) is 0 Å². The van der Waals surface area contributed by atoms with E-state index in [9.17, 15) is 9.50 Å². The zero-order valence-electron chi connectivity index (χ0n) is 8.11. The van der Waals surface area contributed by atoms with Gasteiger partial charge in [0.2, 0.25) is 0 Å². The van der Waals surface area contributed by atoms with Crippen LogP contribution in [0.3, 0.4) is 0 Å².